The second-order valence-electron chi connectivity index (χ2n) is 4.23. The zero-order valence-electron chi connectivity index (χ0n) is 9.71. The Morgan fingerprint density at radius 2 is 2.24 bits per heavy atom. The van der Waals surface area contributed by atoms with Crippen LogP contribution in [0.2, 0.25) is 0 Å². The Hall–Kier alpha value is -1.53. The van der Waals surface area contributed by atoms with Crippen LogP contribution in [-0.4, -0.2) is 13.2 Å². The van der Waals surface area contributed by atoms with Crippen molar-refractivity contribution in [2.45, 2.75) is 19.3 Å². The molecule has 2 N–H and O–H groups in total. The standard InChI is InChI=1S/C14H16FNO/c15-13-5-6-14(12(10-13)2-1-8-16)17-9-7-11-3-4-11/h5-6,10-11H,3-4,7-9,16H2. The molecule has 0 atom stereocenters. The second-order valence-corrected chi connectivity index (χ2v) is 4.23. The van der Waals surface area contributed by atoms with Gasteiger partial charge < -0.3 is 10.5 Å². The van der Waals surface area contributed by atoms with Gasteiger partial charge in [-0.1, -0.05) is 24.7 Å². The van der Waals surface area contributed by atoms with Crippen LogP contribution >= 0.6 is 0 Å². The Bertz CT molecular complexity index is 443. The lowest BCUT2D eigenvalue weighted by Crippen LogP contribution is -2.00. The predicted molar refractivity (Wildman–Crippen MR) is 65.2 cm³/mol. The molecule has 1 aromatic carbocycles. The SMILES string of the molecule is NCC#Cc1cc(F)ccc1OCCC1CC1. The van der Waals surface area contributed by atoms with Gasteiger partial charge in [0, 0.05) is 0 Å². The van der Waals surface area contributed by atoms with Gasteiger partial charge in [-0.05, 0) is 30.5 Å². The van der Waals surface area contributed by atoms with Crippen molar-refractivity contribution in [2.75, 3.05) is 13.2 Å². The maximum atomic E-state index is 13.1. The summed E-state index contributed by atoms with van der Waals surface area (Å²) in [6.07, 6.45) is 3.69. The van der Waals surface area contributed by atoms with Crippen LogP contribution in [0.3, 0.4) is 0 Å². The van der Waals surface area contributed by atoms with E-state index in [0.29, 0.717) is 17.9 Å². The van der Waals surface area contributed by atoms with Crippen molar-refractivity contribution in [3.05, 3.63) is 29.6 Å². The normalized spacial score (nSPS) is 14.0. The van der Waals surface area contributed by atoms with E-state index in [0.717, 1.165) is 12.3 Å². The van der Waals surface area contributed by atoms with E-state index in [1.165, 1.54) is 25.0 Å². The third-order valence-corrected chi connectivity index (χ3v) is 2.75. The van der Waals surface area contributed by atoms with E-state index in [1.54, 1.807) is 6.07 Å². The summed E-state index contributed by atoms with van der Waals surface area (Å²) in [4.78, 5) is 0. The molecule has 0 bridgehead atoms. The molecule has 0 aromatic heterocycles. The van der Waals surface area contributed by atoms with Gasteiger partial charge in [0.15, 0.2) is 0 Å². The maximum Gasteiger partial charge on any atom is 0.135 e. The lowest BCUT2D eigenvalue weighted by molar-refractivity contribution is 0.301. The van der Waals surface area contributed by atoms with Gasteiger partial charge in [0.05, 0.1) is 18.7 Å². The number of benzene rings is 1. The molecule has 1 aliphatic rings. The average Bonchev–Trinajstić information content (AvgIpc) is 3.13. The van der Waals surface area contributed by atoms with E-state index in [2.05, 4.69) is 11.8 Å². The number of halogens is 1. The fourth-order valence-electron chi connectivity index (χ4n) is 1.61. The molecule has 0 unspecified atom stereocenters. The van der Waals surface area contributed by atoms with Gasteiger partial charge in [-0.2, -0.15) is 0 Å². The zero-order chi connectivity index (χ0) is 12.1. The van der Waals surface area contributed by atoms with Crippen LogP contribution in [0.25, 0.3) is 0 Å². The molecular weight excluding hydrogens is 217 g/mol. The molecule has 1 fully saturated rings. The molecule has 1 saturated carbocycles. The van der Waals surface area contributed by atoms with Crippen LogP contribution in [0.1, 0.15) is 24.8 Å². The predicted octanol–water partition coefficient (Wildman–Crippen LogP) is 2.31. The first kappa shape index (κ1) is 11.9. The summed E-state index contributed by atoms with van der Waals surface area (Å²) in [5.41, 5.74) is 5.88. The fourth-order valence-corrected chi connectivity index (χ4v) is 1.61. The van der Waals surface area contributed by atoms with E-state index < -0.39 is 0 Å². The van der Waals surface area contributed by atoms with E-state index in [1.807, 2.05) is 0 Å². The van der Waals surface area contributed by atoms with Gasteiger partial charge in [0.25, 0.3) is 0 Å². The zero-order valence-corrected chi connectivity index (χ0v) is 9.71. The Morgan fingerprint density at radius 1 is 1.41 bits per heavy atom. The maximum absolute atomic E-state index is 13.1. The molecule has 1 aliphatic carbocycles. The highest BCUT2D eigenvalue weighted by molar-refractivity contribution is 5.46. The van der Waals surface area contributed by atoms with Crippen molar-refractivity contribution in [3.8, 4) is 17.6 Å². The minimum absolute atomic E-state index is 0.262. The molecule has 0 amide bonds. The molecule has 2 rings (SSSR count). The minimum Gasteiger partial charge on any atom is -0.492 e. The third kappa shape index (κ3) is 3.76. The smallest absolute Gasteiger partial charge is 0.135 e. The first-order valence-corrected chi connectivity index (χ1v) is 5.91. The molecular formula is C14H16FNO. The van der Waals surface area contributed by atoms with Gasteiger partial charge in [0.1, 0.15) is 11.6 Å². The lowest BCUT2D eigenvalue weighted by atomic mass is 10.2. The fraction of sp³-hybridized carbons (Fsp3) is 0.429. The van der Waals surface area contributed by atoms with Crippen LogP contribution < -0.4 is 10.5 Å². The Morgan fingerprint density at radius 3 is 2.94 bits per heavy atom. The Labute approximate surface area is 101 Å². The first-order chi connectivity index (χ1) is 8.29. The summed E-state index contributed by atoms with van der Waals surface area (Å²) >= 11 is 0. The molecule has 17 heavy (non-hydrogen) atoms. The van der Waals surface area contributed by atoms with Crippen LogP contribution in [0.15, 0.2) is 18.2 Å². The molecule has 2 nitrogen and oxygen atoms in total. The lowest BCUT2D eigenvalue weighted by Gasteiger charge is -2.07. The first-order valence-electron chi connectivity index (χ1n) is 5.91. The number of nitrogens with two attached hydrogens (primary N) is 1. The summed E-state index contributed by atoms with van der Waals surface area (Å²) < 4.78 is 18.7. The summed E-state index contributed by atoms with van der Waals surface area (Å²) in [6, 6.07) is 4.40. The van der Waals surface area contributed by atoms with Gasteiger partial charge in [-0.15, -0.1) is 0 Å². The van der Waals surface area contributed by atoms with Crippen LogP contribution in [-0.2, 0) is 0 Å². The topological polar surface area (TPSA) is 35.2 Å². The van der Waals surface area contributed by atoms with Gasteiger partial charge >= 0.3 is 0 Å². The molecule has 0 radical (unpaired) electrons. The van der Waals surface area contributed by atoms with Crippen molar-refractivity contribution in [1.29, 1.82) is 0 Å². The summed E-state index contributed by atoms with van der Waals surface area (Å²) in [5, 5.41) is 0. The molecule has 90 valence electrons. The van der Waals surface area contributed by atoms with Crippen LogP contribution in [0.4, 0.5) is 4.39 Å². The minimum atomic E-state index is -0.305. The van der Waals surface area contributed by atoms with Gasteiger partial charge in [-0.25, -0.2) is 4.39 Å². The summed E-state index contributed by atoms with van der Waals surface area (Å²) in [6.45, 7) is 0.936. The molecule has 0 saturated heterocycles. The van der Waals surface area contributed by atoms with E-state index in [4.69, 9.17) is 10.5 Å². The Kier molecular flexibility index (Phi) is 4.00. The number of hydrogen-bond donors (Lipinski definition) is 1. The average molecular weight is 233 g/mol. The number of hydrogen-bond acceptors (Lipinski definition) is 2. The second kappa shape index (κ2) is 5.70. The summed E-state index contributed by atoms with van der Waals surface area (Å²) in [5.74, 6) is 6.71. The highest BCUT2D eigenvalue weighted by Crippen LogP contribution is 2.32. The third-order valence-electron chi connectivity index (χ3n) is 2.75. The van der Waals surface area contributed by atoms with Crippen molar-refractivity contribution < 1.29 is 9.13 Å². The van der Waals surface area contributed by atoms with Crippen LogP contribution in [0, 0.1) is 23.6 Å². The summed E-state index contributed by atoms with van der Waals surface area (Å²) in [7, 11) is 0. The van der Waals surface area contributed by atoms with Crippen LogP contribution in [0.5, 0.6) is 5.75 Å². The van der Waals surface area contributed by atoms with Crippen molar-refractivity contribution in [1.82, 2.24) is 0 Å². The van der Waals surface area contributed by atoms with Gasteiger partial charge in [-0.3, -0.25) is 0 Å². The van der Waals surface area contributed by atoms with E-state index >= 15 is 0 Å². The Balaban J connectivity index is 2.02. The molecule has 3 heteroatoms. The van der Waals surface area contributed by atoms with Gasteiger partial charge in [0.2, 0.25) is 0 Å². The highest BCUT2D eigenvalue weighted by Gasteiger charge is 2.20. The molecule has 0 heterocycles. The quantitative estimate of drug-likeness (QED) is 0.810. The van der Waals surface area contributed by atoms with E-state index in [9.17, 15) is 4.39 Å². The molecule has 0 aliphatic heterocycles. The van der Waals surface area contributed by atoms with Crippen molar-refractivity contribution in [2.24, 2.45) is 11.7 Å². The highest BCUT2D eigenvalue weighted by atomic mass is 19.1. The number of rotatable bonds is 4. The van der Waals surface area contributed by atoms with E-state index in [-0.39, 0.29) is 12.4 Å². The molecule has 0 spiro atoms. The monoisotopic (exact) mass is 233 g/mol. The van der Waals surface area contributed by atoms with Crippen molar-refractivity contribution >= 4 is 0 Å². The number of ether oxygens (including phenoxy) is 1. The largest absolute Gasteiger partial charge is 0.492 e. The van der Waals surface area contributed by atoms with Crippen molar-refractivity contribution in [3.63, 3.8) is 0 Å². The molecule has 1 aromatic rings.